The van der Waals surface area contributed by atoms with Crippen molar-refractivity contribution in [3.63, 3.8) is 0 Å². The molecule has 0 aliphatic carbocycles. The first-order valence-corrected chi connectivity index (χ1v) is 12.3. The Kier molecular flexibility index (Phi) is 9.28. The molecule has 0 saturated heterocycles. The number of rotatable bonds is 13. The van der Waals surface area contributed by atoms with E-state index in [1.165, 1.54) is 23.2 Å². The van der Waals surface area contributed by atoms with Gasteiger partial charge in [0.1, 0.15) is 22.5 Å². The Morgan fingerprint density at radius 1 is 1.06 bits per heavy atom. The third-order valence-electron chi connectivity index (χ3n) is 5.86. The molecule has 0 unspecified atom stereocenters. The van der Waals surface area contributed by atoms with E-state index in [4.69, 9.17) is 4.74 Å². The average molecular weight is 452 g/mol. The highest BCUT2D eigenvalue weighted by Crippen LogP contribution is 2.25. The molecule has 0 saturated carbocycles. The molecule has 1 heterocycles. The van der Waals surface area contributed by atoms with Crippen molar-refractivity contribution in [2.24, 2.45) is 5.92 Å². The fraction of sp³-hybridized carbons (Fsp3) is 0.519. The number of nitrogens with zero attached hydrogens (tertiary/aromatic N) is 3. The normalized spacial score (nSPS) is 11.4. The van der Waals surface area contributed by atoms with Gasteiger partial charge in [-0.3, -0.25) is 4.79 Å². The van der Waals surface area contributed by atoms with Gasteiger partial charge in [-0.05, 0) is 60.9 Å². The molecule has 1 N–H and O–H groups in total. The molecule has 0 radical (unpaired) electrons. The zero-order chi connectivity index (χ0) is 23.6. The van der Waals surface area contributed by atoms with E-state index in [1.807, 2.05) is 24.3 Å². The summed E-state index contributed by atoms with van der Waals surface area (Å²) in [6, 6.07) is 11.3. The Balaban J connectivity index is 1.59. The van der Waals surface area contributed by atoms with Crippen molar-refractivity contribution < 1.29 is 14.6 Å². The summed E-state index contributed by atoms with van der Waals surface area (Å²) in [7, 11) is 0. The lowest BCUT2D eigenvalue weighted by Crippen LogP contribution is -2.07. The third-order valence-corrected chi connectivity index (χ3v) is 5.86. The Labute approximate surface area is 197 Å². The first kappa shape index (κ1) is 24.7. The van der Waals surface area contributed by atoms with Crippen LogP contribution in [0.2, 0.25) is 0 Å². The van der Waals surface area contributed by atoms with Gasteiger partial charge in [-0.15, -0.1) is 15.0 Å². The van der Waals surface area contributed by atoms with Crippen molar-refractivity contribution in [1.29, 1.82) is 0 Å². The van der Waals surface area contributed by atoms with Gasteiger partial charge in [0.05, 0.1) is 6.61 Å². The van der Waals surface area contributed by atoms with Crippen molar-refractivity contribution in [1.82, 2.24) is 15.0 Å². The van der Waals surface area contributed by atoms with E-state index < -0.39 is 0 Å². The van der Waals surface area contributed by atoms with E-state index in [9.17, 15) is 9.90 Å². The molecule has 0 fully saturated rings. The van der Waals surface area contributed by atoms with Gasteiger partial charge >= 0.3 is 5.97 Å². The molecule has 0 spiro atoms. The molecule has 0 atom stereocenters. The standard InChI is InChI=1S/C27H37N3O3/c1-4-5-11-22-12-9-13-23-27(22)29-30(28-23)24-19-21(14-16-25(24)31)15-17-26(32)33-18-8-6-7-10-20(2)3/h9,12-14,16,19-20,31H,4-8,10-11,15,17-18H2,1-3H3. The van der Waals surface area contributed by atoms with Crippen molar-refractivity contribution in [2.75, 3.05) is 6.61 Å². The average Bonchev–Trinajstić information content (AvgIpc) is 3.24. The SMILES string of the molecule is CCCCc1cccc2nn(-c3cc(CCC(=O)OCCCCCC(C)C)ccc3O)nc12. The number of aromatic hydroxyl groups is 1. The highest BCUT2D eigenvalue weighted by molar-refractivity contribution is 5.78. The Hall–Kier alpha value is -2.89. The van der Waals surface area contributed by atoms with Crippen LogP contribution in [0, 0.1) is 5.92 Å². The maximum absolute atomic E-state index is 12.1. The van der Waals surface area contributed by atoms with Crippen LogP contribution in [0.3, 0.4) is 0 Å². The molecular formula is C27H37N3O3. The molecule has 2 aromatic carbocycles. The lowest BCUT2D eigenvalue weighted by Gasteiger charge is -2.08. The number of carbonyl (C=O) groups is 1. The minimum Gasteiger partial charge on any atom is -0.506 e. The van der Waals surface area contributed by atoms with Crippen molar-refractivity contribution in [3.8, 4) is 11.4 Å². The number of aryl methyl sites for hydroxylation is 2. The third kappa shape index (κ3) is 7.31. The molecule has 0 amide bonds. The van der Waals surface area contributed by atoms with Gasteiger partial charge < -0.3 is 9.84 Å². The molecular weight excluding hydrogens is 414 g/mol. The molecule has 0 aliphatic heterocycles. The number of fused-ring (bicyclic) bond motifs is 1. The molecule has 0 aliphatic rings. The first-order valence-electron chi connectivity index (χ1n) is 12.3. The van der Waals surface area contributed by atoms with Crippen LogP contribution >= 0.6 is 0 Å². The van der Waals surface area contributed by atoms with Crippen LogP contribution in [0.1, 0.15) is 76.8 Å². The fourth-order valence-corrected chi connectivity index (χ4v) is 3.89. The predicted octanol–water partition coefficient (Wildman–Crippen LogP) is 6.16. The Bertz CT molecular complexity index is 1040. The van der Waals surface area contributed by atoms with E-state index >= 15 is 0 Å². The summed E-state index contributed by atoms with van der Waals surface area (Å²) in [4.78, 5) is 13.6. The first-order chi connectivity index (χ1) is 16.0. The van der Waals surface area contributed by atoms with E-state index in [0.717, 1.165) is 54.6 Å². The highest BCUT2D eigenvalue weighted by Gasteiger charge is 2.13. The van der Waals surface area contributed by atoms with E-state index in [2.05, 4.69) is 37.0 Å². The van der Waals surface area contributed by atoms with Crippen LogP contribution in [0.25, 0.3) is 16.7 Å². The lowest BCUT2D eigenvalue weighted by atomic mass is 10.1. The predicted molar refractivity (Wildman–Crippen MR) is 132 cm³/mol. The van der Waals surface area contributed by atoms with Gasteiger partial charge in [0.2, 0.25) is 0 Å². The number of unbranched alkanes of at least 4 members (excludes halogenated alkanes) is 3. The minimum absolute atomic E-state index is 0.109. The molecule has 1 aromatic heterocycles. The van der Waals surface area contributed by atoms with Crippen LogP contribution in [0.4, 0.5) is 0 Å². The quantitative estimate of drug-likeness (QED) is 0.249. The second-order valence-corrected chi connectivity index (χ2v) is 9.16. The van der Waals surface area contributed by atoms with Gasteiger partial charge in [0.15, 0.2) is 0 Å². The molecule has 3 rings (SSSR count). The van der Waals surface area contributed by atoms with Crippen LogP contribution in [-0.4, -0.2) is 32.7 Å². The molecule has 178 valence electrons. The van der Waals surface area contributed by atoms with E-state index in [0.29, 0.717) is 25.1 Å². The summed E-state index contributed by atoms with van der Waals surface area (Å²) in [5, 5.41) is 19.7. The van der Waals surface area contributed by atoms with Crippen LogP contribution in [-0.2, 0) is 22.4 Å². The van der Waals surface area contributed by atoms with Crippen molar-refractivity contribution in [2.45, 2.75) is 78.6 Å². The number of benzene rings is 2. The number of phenols is 1. The Morgan fingerprint density at radius 3 is 2.70 bits per heavy atom. The molecule has 3 aromatic rings. The summed E-state index contributed by atoms with van der Waals surface area (Å²) in [5.74, 6) is 0.649. The number of hydrogen-bond acceptors (Lipinski definition) is 5. The Morgan fingerprint density at radius 2 is 1.91 bits per heavy atom. The number of hydrogen-bond donors (Lipinski definition) is 1. The van der Waals surface area contributed by atoms with Gasteiger partial charge in [-0.1, -0.05) is 64.7 Å². The second kappa shape index (κ2) is 12.4. The van der Waals surface area contributed by atoms with Gasteiger partial charge in [-0.2, -0.15) is 0 Å². The number of phenolic OH excluding ortho intramolecular Hbond substituents is 1. The number of aromatic nitrogens is 3. The van der Waals surface area contributed by atoms with Gasteiger partial charge in [-0.25, -0.2) is 0 Å². The monoisotopic (exact) mass is 451 g/mol. The molecule has 0 bridgehead atoms. The summed E-state index contributed by atoms with van der Waals surface area (Å²) >= 11 is 0. The summed E-state index contributed by atoms with van der Waals surface area (Å²) in [5.41, 5.74) is 4.30. The van der Waals surface area contributed by atoms with Gasteiger partial charge in [0, 0.05) is 6.42 Å². The topological polar surface area (TPSA) is 77.2 Å². The van der Waals surface area contributed by atoms with Crippen molar-refractivity contribution >= 4 is 17.0 Å². The molecule has 6 heteroatoms. The fourth-order valence-electron chi connectivity index (χ4n) is 3.89. The summed E-state index contributed by atoms with van der Waals surface area (Å²) in [6.07, 6.45) is 8.44. The zero-order valence-corrected chi connectivity index (χ0v) is 20.2. The van der Waals surface area contributed by atoms with E-state index in [-0.39, 0.29) is 11.7 Å². The van der Waals surface area contributed by atoms with Gasteiger partial charge in [0.25, 0.3) is 0 Å². The second-order valence-electron chi connectivity index (χ2n) is 9.16. The number of carbonyl (C=O) groups excluding carboxylic acids is 1. The molecule has 6 nitrogen and oxygen atoms in total. The summed E-state index contributed by atoms with van der Waals surface area (Å²) in [6.45, 7) is 7.11. The number of ether oxygens (including phenoxy) is 1. The number of esters is 1. The summed E-state index contributed by atoms with van der Waals surface area (Å²) < 4.78 is 5.38. The van der Waals surface area contributed by atoms with Crippen LogP contribution < -0.4 is 0 Å². The largest absolute Gasteiger partial charge is 0.506 e. The maximum Gasteiger partial charge on any atom is 0.306 e. The smallest absolute Gasteiger partial charge is 0.306 e. The van der Waals surface area contributed by atoms with Crippen LogP contribution in [0.5, 0.6) is 5.75 Å². The highest BCUT2D eigenvalue weighted by atomic mass is 16.5. The minimum atomic E-state index is -0.183. The van der Waals surface area contributed by atoms with Crippen LogP contribution in [0.15, 0.2) is 36.4 Å². The zero-order valence-electron chi connectivity index (χ0n) is 20.2. The maximum atomic E-state index is 12.1. The lowest BCUT2D eigenvalue weighted by molar-refractivity contribution is -0.143. The van der Waals surface area contributed by atoms with Crippen molar-refractivity contribution in [3.05, 3.63) is 47.5 Å². The molecule has 33 heavy (non-hydrogen) atoms. The van der Waals surface area contributed by atoms with E-state index in [1.54, 1.807) is 6.07 Å².